The predicted octanol–water partition coefficient (Wildman–Crippen LogP) is 2.05. The number of halogens is 2. The van der Waals surface area contributed by atoms with E-state index in [1.807, 2.05) is 0 Å². The van der Waals surface area contributed by atoms with Crippen LogP contribution in [0.15, 0.2) is 30.6 Å². The van der Waals surface area contributed by atoms with Gasteiger partial charge in [0.1, 0.15) is 5.82 Å². The van der Waals surface area contributed by atoms with Crippen molar-refractivity contribution in [2.24, 2.45) is 0 Å². The van der Waals surface area contributed by atoms with E-state index in [2.05, 4.69) is 15.3 Å². The predicted molar refractivity (Wildman–Crippen MR) is 65.6 cm³/mol. The van der Waals surface area contributed by atoms with Crippen molar-refractivity contribution in [3.63, 3.8) is 0 Å². The number of hydrogen-bond acceptors (Lipinski definition) is 2. The highest BCUT2D eigenvalue weighted by atomic mass is 19.2. The maximum Gasteiger partial charge on any atom is 0.251 e. The Balaban J connectivity index is 1.79. The fourth-order valence-electron chi connectivity index (χ4n) is 1.63. The zero-order valence-corrected chi connectivity index (χ0v) is 10.1. The van der Waals surface area contributed by atoms with Crippen molar-refractivity contribution in [1.29, 1.82) is 0 Å². The average Bonchev–Trinajstić information content (AvgIpc) is 2.91. The van der Waals surface area contributed by atoms with Crippen LogP contribution in [0, 0.1) is 11.6 Å². The monoisotopic (exact) mass is 265 g/mol. The van der Waals surface area contributed by atoms with E-state index in [0.717, 1.165) is 18.0 Å². The van der Waals surface area contributed by atoms with Crippen LogP contribution in [0.3, 0.4) is 0 Å². The number of nitrogens with one attached hydrogen (secondary N) is 2. The molecule has 1 amide bonds. The number of aromatic amines is 1. The molecule has 1 heterocycles. The molecule has 100 valence electrons. The standard InChI is InChI=1S/C13H13F2N3O/c14-10-4-3-9(8-11(10)15)13(19)18-5-1-2-12-16-6-7-17-12/h3-4,6-8H,1-2,5H2,(H,16,17)(H,18,19). The molecule has 2 N–H and O–H groups in total. The minimum Gasteiger partial charge on any atom is -0.352 e. The molecule has 0 bridgehead atoms. The number of rotatable bonds is 5. The van der Waals surface area contributed by atoms with E-state index in [4.69, 9.17) is 0 Å². The van der Waals surface area contributed by atoms with Gasteiger partial charge in [-0.25, -0.2) is 13.8 Å². The van der Waals surface area contributed by atoms with Crippen LogP contribution in [0.4, 0.5) is 8.78 Å². The smallest absolute Gasteiger partial charge is 0.251 e. The van der Waals surface area contributed by atoms with Crippen LogP contribution in [-0.4, -0.2) is 22.4 Å². The highest BCUT2D eigenvalue weighted by molar-refractivity contribution is 5.94. The number of nitrogens with zero attached hydrogens (tertiary/aromatic N) is 1. The molecule has 6 heteroatoms. The summed E-state index contributed by atoms with van der Waals surface area (Å²) in [4.78, 5) is 18.7. The Kier molecular flexibility index (Phi) is 4.22. The summed E-state index contributed by atoms with van der Waals surface area (Å²) in [5.41, 5.74) is 0.108. The SMILES string of the molecule is O=C(NCCCc1ncc[nH]1)c1ccc(F)c(F)c1. The number of hydrogen-bond donors (Lipinski definition) is 2. The summed E-state index contributed by atoms with van der Waals surface area (Å²) in [6, 6.07) is 3.07. The van der Waals surface area contributed by atoms with Gasteiger partial charge in [-0.3, -0.25) is 4.79 Å². The summed E-state index contributed by atoms with van der Waals surface area (Å²) in [7, 11) is 0. The van der Waals surface area contributed by atoms with Gasteiger partial charge in [0.2, 0.25) is 0 Å². The molecule has 0 aliphatic carbocycles. The van der Waals surface area contributed by atoms with Crippen molar-refractivity contribution in [3.05, 3.63) is 53.6 Å². The Labute approximate surface area is 108 Å². The molecule has 4 nitrogen and oxygen atoms in total. The number of H-pyrrole nitrogens is 1. The zero-order chi connectivity index (χ0) is 13.7. The number of carbonyl (C=O) groups excluding carboxylic acids is 1. The first kappa shape index (κ1) is 13.2. The Hall–Kier alpha value is -2.24. The topological polar surface area (TPSA) is 57.8 Å². The molecule has 19 heavy (non-hydrogen) atoms. The van der Waals surface area contributed by atoms with Crippen LogP contribution >= 0.6 is 0 Å². The molecule has 0 saturated heterocycles. The van der Waals surface area contributed by atoms with Crippen molar-refractivity contribution in [3.8, 4) is 0 Å². The largest absolute Gasteiger partial charge is 0.352 e. The number of amides is 1. The lowest BCUT2D eigenvalue weighted by molar-refractivity contribution is 0.0952. The van der Waals surface area contributed by atoms with Crippen molar-refractivity contribution < 1.29 is 13.6 Å². The third-order valence-electron chi connectivity index (χ3n) is 2.61. The van der Waals surface area contributed by atoms with Crippen molar-refractivity contribution in [1.82, 2.24) is 15.3 Å². The van der Waals surface area contributed by atoms with Crippen LogP contribution in [0.2, 0.25) is 0 Å². The van der Waals surface area contributed by atoms with Crippen LogP contribution in [-0.2, 0) is 6.42 Å². The van der Waals surface area contributed by atoms with Gasteiger partial charge in [-0.1, -0.05) is 0 Å². The number of benzene rings is 1. The average molecular weight is 265 g/mol. The quantitative estimate of drug-likeness (QED) is 0.813. The van der Waals surface area contributed by atoms with Crippen molar-refractivity contribution in [2.45, 2.75) is 12.8 Å². The molecule has 0 unspecified atom stereocenters. The molecule has 0 spiro atoms. The highest BCUT2D eigenvalue weighted by Crippen LogP contribution is 2.08. The summed E-state index contributed by atoms with van der Waals surface area (Å²) in [6.45, 7) is 0.443. The summed E-state index contributed by atoms with van der Waals surface area (Å²) in [5, 5.41) is 2.64. The molecule has 0 saturated carbocycles. The van der Waals surface area contributed by atoms with E-state index in [-0.39, 0.29) is 5.56 Å². The van der Waals surface area contributed by atoms with Gasteiger partial charge in [0.25, 0.3) is 5.91 Å². The molecule has 0 aliphatic rings. The van der Waals surface area contributed by atoms with Gasteiger partial charge in [0.15, 0.2) is 11.6 Å². The number of carbonyl (C=O) groups is 1. The highest BCUT2D eigenvalue weighted by Gasteiger charge is 2.08. The Bertz CT molecular complexity index is 555. The number of imidazole rings is 1. The van der Waals surface area contributed by atoms with Crippen LogP contribution in [0.1, 0.15) is 22.6 Å². The lowest BCUT2D eigenvalue weighted by Gasteiger charge is -2.05. The molecule has 0 atom stereocenters. The van der Waals surface area contributed by atoms with Gasteiger partial charge in [-0.05, 0) is 24.6 Å². The number of aryl methyl sites for hydroxylation is 1. The van der Waals surface area contributed by atoms with E-state index in [1.54, 1.807) is 12.4 Å². The molecule has 1 aromatic heterocycles. The molecule has 1 aromatic carbocycles. The second kappa shape index (κ2) is 6.08. The first-order chi connectivity index (χ1) is 9.16. The zero-order valence-electron chi connectivity index (χ0n) is 10.1. The van der Waals surface area contributed by atoms with Crippen LogP contribution in [0.5, 0.6) is 0 Å². The lowest BCUT2D eigenvalue weighted by Crippen LogP contribution is -2.25. The van der Waals surface area contributed by atoms with Crippen LogP contribution < -0.4 is 5.32 Å². The first-order valence-electron chi connectivity index (χ1n) is 5.88. The Morgan fingerprint density at radius 1 is 1.32 bits per heavy atom. The molecule has 2 rings (SSSR count). The van der Waals surface area contributed by atoms with E-state index in [9.17, 15) is 13.6 Å². The van der Waals surface area contributed by atoms with E-state index in [1.165, 1.54) is 6.07 Å². The third-order valence-corrected chi connectivity index (χ3v) is 2.61. The Morgan fingerprint density at radius 2 is 2.16 bits per heavy atom. The van der Waals surface area contributed by atoms with Gasteiger partial charge in [0.05, 0.1) is 0 Å². The molecule has 2 aromatic rings. The molecular weight excluding hydrogens is 252 g/mol. The fourth-order valence-corrected chi connectivity index (χ4v) is 1.63. The minimum absolute atomic E-state index is 0.108. The lowest BCUT2D eigenvalue weighted by atomic mass is 10.2. The van der Waals surface area contributed by atoms with Gasteiger partial charge in [-0.2, -0.15) is 0 Å². The fraction of sp³-hybridized carbons (Fsp3) is 0.231. The van der Waals surface area contributed by atoms with Crippen molar-refractivity contribution in [2.75, 3.05) is 6.54 Å². The molecular formula is C13H13F2N3O. The maximum atomic E-state index is 12.9. The summed E-state index contributed by atoms with van der Waals surface area (Å²) in [6.07, 6.45) is 4.82. The van der Waals surface area contributed by atoms with E-state index >= 15 is 0 Å². The molecule has 0 fully saturated rings. The van der Waals surface area contributed by atoms with E-state index < -0.39 is 17.5 Å². The summed E-state index contributed by atoms with van der Waals surface area (Å²) < 4.78 is 25.7. The summed E-state index contributed by atoms with van der Waals surface area (Å²) >= 11 is 0. The second-order valence-electron chi connectivity index (χ2n) is 4.02. The van der Waals surface area contributed by atoms with Gasteiger partial charge in [0, 0.05) is 30.9 Å². The maximum absolute atomic E-state index is 12.9. The molecule has 0 radical (unpaired) electrons. The number of aromatic nitrogens is 2. The first-order valence-corrected chi connectivity index (χ1v) is 5.88. The minimum atomic E-state index is -1.02. The van der Waals surface area contributed by atoms with Gasteiger partial charge < -0.3 is 10.3 Å². The second-order valence-corrected chi connectivity index (χ2v) is 4.02. The van der Waals surface area contributed by atoms with Crippen LogP contribution in [0.25, 0.3) is 0 Å². The van der Waals surface area contributed by atoms with Crippen molar-refractivity contribution >= 4 is 5.91 Å². The summed E-state index contributed by atoms with van der Waals surface area (Å²) in [5.74, 6) is -1.56. The normalized spacial score (nSPS) is 10.4. The van der Waals surface area contributed by atoms with Gasteiger partial charge >= 0.3 is 0 Å². The Morgan fingerprint density at radius 3 is 2.84 bits per heavy atom. The van der Waals surface area contributed by atoms with Gasteiger partial charge in [-0.15, -0.1) is 0 Å². The van der Waals surface area contributed by atoms with E-state index in [0.29, 0.717) is 19.4 Å². The third kappa shape index (κ3) is 3.61. The molecule has 0 aliphatic heterocycles.